The van der Waals surface area contributed by atoms with Gasteiger partial charge in [0.2, 0.25) is 0 Å². The molecule has 0 unspecified atom stereocenters. The van der Waals surface area contributed by atoms with Gasteiger partial charge in [0.25, 0.3) is 0 Å². The summed E-state index contributed by atoms with van der Waals surface area (Å²) in [5, 5.41) is 5.19. The van der Waals surface area contributed by atoms with E-state index in [2.05, 4.69) is 10.6 Å². The fourth-order valence-electron chi connectivity index (χ4n) is 1.69. The van der Waals surface area contributed by atoms with Crippen molar-refractivity contribution < 1.29 is 19.1 Å². The predicted molar refractivity (Wildman–Crippen MR) is 98.8 cm³/mol. The Morgan fingerprint density at radius 1 is 0.840 bits per heavy atom. The molecule has 0 radical (unpaired) electrons. The highest BCUT2D eigenvalue weighted by Gasteiger charge is 2.03. The first-order valence-electron chi connectivity index (χ1n) is 8.02. The van der Waals surface area contributed by atoms with Gasteiger partial charge in [-0.15, -0.1) is 0 Å². The van der Waals surface area contributed by atoms with Crippen molar-refractivity contribution in [3.8, 4) is 0 Å². The Hall–Kier alpha value is -3.02. The minimum absolute atomic E-state index is 0.0938. The van der Waals surface area contributed by atoms with Crippen molar-refractivity contribution in [3.05, 3.63) is 60.7 Å². The molecule has 0 heterocycles. The number of carbonyl (C=O) groups is 2. The quantitative estimate of drug-likeness (QED) is 0.827. The second-order valence-electron chi connectivity index (χ2n) is 5.16. The van der Waals surface area contributed by atoms with Gasteiger partial charge >= 0.3 is 12.2 Å². The molecule has 25 heavy (non-hydrogen) atoms. The topological polar surface area (TPSA) is 76.7 Å². The van der Waals surface area contributed by atoms with Gasteiger partial charge in [0.05, 0.1) is 12.7 Å². The second kappa shape index (κ2) is 11.5. The largest absolute Gasteiger partial charge is 0.450 e. The Morgan fingerprint density at radius 3 is 1.68 bits per heavy atom. The SMILES string of the molecule is CC(C)OC(=O)Nc1ccccc1.CCOC(=O)Nc1ccccc1. The summed E-state index contributed by atoms with van der Waals surface area (Å²) in [6, 6.07) is 18.4. The summed E-state index contributed by atoms with van der Waals surface area (Å²) in [5.41, 5.74) is 1.49. The summed E-state index contributed by atoms with van der Waals surface area (Å²) < 4.78 is 9.60. The van der Waals surface area contributed by atoms with Gasteiger partial charge in [-0.2, -0.15) is 0 Å². The lowest BCUT2D eigenvalue weighted by molar-refractivity contribution is 0.130. The lowest BCUT2D eigenvalue weighted by Crippen LogP contribution is -2.17. The van der Waals surface area contributed by atoms with Crippen molar-refractivity contribution in [3.63, 3.8) is 0 Å². The first-order valence-corrected chi connectivity index (χ1v) is 8.02. The van der Waals surface area contributed by atoms with Crippen LogP contribution >= 0.6 is 0 Å². The summed E-state index contributed by atoms with van der Waals surface area (Å²) in [4.78, 5) is 22.0. The Morgan fingerprint density at radius 2 is 1.28 bits per heavy atom. The monoisotopic (exact) mass is 344 g/mol. The standard InChI is InChI=1S/C10H13NO2.C9H11NO2/c1-8(2)13-10(12)11-9-6-4-3-5-7-9;1-2-12-9(11)10-8-6-4-3-5-7-8/h3-8H,1-2H3,(H,11,12);3-7H,2H2,1H3,(H,10,11). The van der Waals surface area contributed by atoms with Crippen LogP contribution in [-0.4, -0.2) is 24.9 Å². The van der Waals surface area contributed by atoms with E-state index in [1.54, 1.807) is 19.1 Å². The molecule has 134 valence electrons. The zero-order chi connectivity index (χ0) is 18.5. The van der Waals surface area contributed by atoms with E-state index in [0.29, 0.717) is 6.61 Å². The molecule has 0 saturated heterocycles. The summed E-state index contributed by atoms with van der Waals surface area (Å²) in [6.45, 7) is 5.78. The molecule has 0 spiro atoms. The minimum atomic E-state index is -0.416. The van der Waals surface area contributed by atoms with Crippen molar-refractivity contribution in [1.29, 1.82) is 0 Å². The predicted octanol–water partition coefficient (Wildman–Crippen LogP) is 4.90. The van der Waals surface area contributed by atoms with E-state index >= 15 is 0 Å². The number of rotatable bonds is 4. The van der Waals surface area contributed by atoms with Crippen LogP contribution < -0.4 is 10.6 Å². The van der Waals surface area contributed by atoms with Gasteiger partial charge in [-0.25, -0.2) is 9.59 Å². The van der Waals surface area contributed by atoms with Crippen molar-refractivity contribution in [1.82, 2.24) is 0 Å². The van der Waals surface area contributed by atoms with Gasteiger partial charge in [-0.3, -0.25) is 10.6 Å². The first-order chi connectivity index (χ1) is 12.0. The number of hydrogen-bond acceptors (Lipinski definition) is 4. The molecule has 2 N–H and O–H groups in total. The summed E-state index contributed by atoms with van der Waals surface area (Å²) in [5.74, 6) is 0. The lowest BCUT2D eigenvalue weighted by Gasteiger charge is -2.08. The molecular weight excluding hydrogens is 320 g/mol. The van der Waals surface area contributed by atoms with Gasteiger partial charge < -0.3 is 9.47 Å². The highest BCUT2D eigenvalue weighted by molar-refractivity contribution is 5.84. The van der Waals surface area contributed by atoms with Crippen LogP contribution in [0.2, 0.25) is 0 Å². The van der Waals surface area contributed by atoms with Crippen molar-refractivity contribution in [2.75, 3.05) is 17.2 Å². The molecule has 0 aromatic heterocycles. The molecule has 2 aromatic carbocycles. The third kappa shape index (κ3) is 9.65. The van der Waals surface area contributed by atoms with Crippen molar-refractivity contribution in [2.24, 2.45) is 0 Å². The Labute approximate surface area is 148 Å². The number of nitrogens with one attached hydrogen (secondary N) is 2. The number of hydrogen-bond donors (Lipinski definition) is 2. The van der Waals surface area contributed by atoms with E-state index < -0.39 is 12.2 Å². The molecule has 0 aliphatic heterocycles. The van der Waals surface area contributed by atoms with Crippen molar-refractivity contribution in [2.45, 2.75) is 26.9 Å². The molecule has 0 atom stereocenters. The average molecular weight is 344 g/mol. The van der Waals surface area contributed by atoms with Crippen LogP contribution in [0.3, 0.4) is 0 Å². The third-order valence-corrected chi connectivity index (χ3v) is 2.66. The Balaban J connectivity index is 0.000000251. The number of carbonyl (C=O) groups excluding carboxylic acids is 2. The summed E-state index contributed by atoms with van der Waals surface area (Å²) in [7, 11) is 0. The molecule has 0 fully saturated rings. The smallest absolute Gasteiger partial charge is 0.411 e. The third-order valence-electron chi connectivity index (χ3n) is 2.66. The van der Waals surface area contributed by atoms with Crippen LogP contribution in [0, 0.1) is 0 Å². The van der Waals surface area contributed by atoms with E-state index in [-0.39, 0.29) is 6.10 Å². The fraction of sp³-hybridized carbons (Fsp3) is 0.263. The molecule has 0 saturated carbocycles. The molecule has 2 aromatic rings. The maximum atomic E-state index is 11.1. The number of para-hydroxylation sites is 2. The van der Waals surface area contributed by atoms with E-state index in [4.69, 9.17) is 9.47 Å². The average Bonchev–Trinajstić information content (AvgIpc) is 2.56. The van der Waals surface area contributed by atoms with Crippen LogP contribution in [0.25, 0.3) is 0 Å². The van der Waals surface area contributed by atoms with Crippen LogP contribution in [0.4, 0.5) is 21.0 Å². The zero-order valence-corrected chi connectivity index (χ0v) is 14.7. The highest BCUT2D eigenvalue weighted by atomic mass is 16.6. The molecule has 6 heteroatoms. The summed E-state index contributed by atoms with van der Waals surface area (Å²) in [6.07, 6.45) is -0.923. The molecule has 0 aliphatic rings. The number of amides is 2. The van der Waals surface area contributed by atoms with E-state index in [0.717, 1.165) is 11.4 Å². The highest BCUT2D eigenvalue weighted by Crippen LogP contribution is 2.06. The van der Waals surface area contributed by atoms with Crippen LogP contribution in [0.1, 0.15) is 20.8 Å². The molecule has 0 bridgehead atoms. The van der Waals surface area contributed by atoms with Gasteiger partial charge in [0, 0.05) is 11.4 Å². The number of anilines is 2. The molecular formula is C19H24N2O4. The van der Waals surface area contributed by atoms with E-state index in [9.17, 15) is 9.59 Å². The zero-order valence-electron chi connectivity index (χ0n) is 14.7. The van der Waals surface area contributed by atoms with Gasteiger partial charge in [0.15, 0.2) is 0 Å². The van der Waals surface area contributed by atoms with Crippen LogP contribution in [0.5, 0.6) is 0 Å². The van der Waals surface area contributed by atoms with Gasteiger partial charge in [-0.1, -0.05) is 36.4 Å². The Kier molecular flexibility index (Phi) is 9.22. The maximum absolute atomic E-state index is 11.1. The normalized spacial score (nSPS) is 9.44. The van der Waals surface area contributed by atoms with Gasteiger partial charge in [-0.05, 0) is 45.0 Å². The van der Waals surface area contributed by atoms with E-state index in [1.165, 1.54) is 0 Å². The number of benzene rings is 2. The lowest BCUT2D eigenvalue weighted by atomic mass is 10.3. The van der Waals surface area contributed by atoms with Crippen molar-refractivity contribution >= 4 is 23.6 Å². The summed E-state index contributed by atoms with van der Waals surface area (Å²) >= 11 is 0. The van der Waals surface area contributed by atoms with Gasteiger partial charge in [0.1, 0.15) is 0 Å². The molecule has 0 aliphatic carbocycles. The second-order valence-corrected chi connectivity index (χ2v) is 5.16. The first kappa shape index (κ1) is 20.0. The molecule has 2 amide bonds. The maximum Gasteiger partial charge on any atom is 0.411 e. The van der Waals surface area contributed by atoms with E-state index in [1.807, 2.05) is 62.4 Å². The fourth-order valence-corrected chi connectivity index (χ4v) is 1.69. The Bertz CT molecular complexity index is 630. The molecule has 6 nitrogen and oxygen atoms in total. The molecule has 2 rings (SSSR count). The number of ether oxygens (including phenoxy) is 2. The van der Waals surface area contributed by atoms with Crippen LogP contribution in [-0.2, 0) is 9.47 Å². The minimum Gasteiger partial charge on any atom is -0.450 e. The van der Waals surface area contributed by atoms with Crippen LogP contribution in [0.15, 0.2) is 60.7 Å².